The van der Waals surface area contributed by atoms with Crippen molar-refractivity contribution in [1.29, 1.82) is 0 Å². The molecule has 0 saturated carbocycles. The van der Waals surface area contributed by atoms with Gasteiger partial charge in [0, 0.05) is 19.3 Å². The first kappa shape index (κ1) is 13.4. The Bertz CT molecular complexity index is 769. The van der Waals surface area contributed by atoms with Crippen molar-refractivity contribution < 1.29 is 0 Å². The van der Waals surface area contributed by atoms with Gasteiger partial charge in [0.2, 0.25) is 0 Å². The van der Waals surface area contributed by atoms with Gasteiger partial charge in [-0.2, -0.15) is 10.2 Å². The quantitative estimate of drug-likeness (QED) is 0.775. The maximum atomic E-state index is 11.9. The van der Waals surface area contributed by atoms with Crippen LogP contribution in [0.15, 0.2) is 47.5 Å². The summed E-state index contributed by atoms with van der Waals surface area (Å²) < 4.78 is 3.47. The first-order valence-electron chi connectivity index (χ1n) is 7.00. The summed E-state index contributed by atoms with van der Waals surface area (Å²) in [7, 11) is 0. The molecule has 0 aliphatic heterocycles. The number of aryl methyl sites for hydroxylation is 2. The van der Waals surface area contributed by atoms with Gasteiger partial charge in [-0.05, 0) is 18.9 Å². The van der Waals surface area contributed by atoms with E-state index in [-0.39, 0.29) is 5.69 Å². The minimum atomic E-state index is -0.190. The van der Waals surface area contributed by atoms with Crippen molar-refractivity contribution in [2.75, 3.05) is 0 Å². The first-order valence-corrected chi connectivity index (χ1v) is 7.00. The predicted molar refractivity (Wildman–Crippen MR) is 79.9 cm³/mol. The number of aromatic amines is 1. The van der Waals surface area contributed by atoms with Crippen LogP contribution in [0, 0.1) is 0 Å². The first-order chi connectivity index (χ1) is 10.3. The van der Waals surface area contributed by atoms with Gasteiger partial charge in [-0.15, -0.1) is 0 Å². The smallest absolute Gasteiger partial charge is 0.275 e. The van der Waals surface area contributed by atoms with Crippen molar-refractivity contribution in [1.82, 2.24) is 24.5 Å². The van der Waals surface area contributed by atoms with Gasteiger partial charge in [0.1, 0.15) is 0 Å². The summed E-state index contributed by atoms with van der Waals surface area (Å²) in [6.07, 6.45) is 4.42. The van der Waals surface area contributed by atoms with E-state index in [0.717, 1.165) is 18.5 Å². The Morgan fingerprint density at radius 3 is 2.76 bits per heavy atom. The molecule has 0 bridgehead atoms. The Kier molecular flexibility index (Phi) is 3.68. The molecule has 108 valence electrons. The fourth-order valence-electron chi connectivity index (χ4n) is 2.28. The molecular weight excluding hydrogens is 266 g/mol. The second-order valence-electron chi connectivity index (χ2n) is 4.82. The van der Waals surface area contributed by atoms with Gasteiger partial charge in [-0.25, -0.2) is 9.89 Å². The lowest BCUT2D eigenvalue weighted by molar-refractivity contribution is 0.659. The molecule has 6 heteroatoms. The van der Waals surface area contributed by atoms with E-state index < -0.39 is 0 Å². The van der Waals surface area contributed by atoms with Gasteiger partial charge < -0.3 is 0 Å². The standard InChI is InChI=1S/C15H17N5O/c1-2-19-11-13(10-16-19)14-17-18-15(21)20(14)9-8-12-6-4-3-5-7-12/h3-7,10-11H,2,8-9H2,1H3,(H,18,21). The number of H-pyrrole nitrogens is 1. The molecule has 0 aliphatic rings. The molecule has 2 aromatic heterocycles. The van der Waals surface area contributed by atoms with Gasteiger partial charge >= 0.3 is 5.69 Å². The van der Waals surface area contributed by atoms with Crippen LogP contribution in [-0.2, 0) is 19.5 Å². The predicted octanol–water partition coefficient (Wildman–Crippen LogP) is 1.70. The minimum absolute atomic E-state index is 0.190. The van der Waals surface area contributed by atoms with E-state index in [1.807, 2.05) is 36.0 Å². The van der Waals surface area contributed by atoms with Gasteiger partial charge in [-0.1, -0.05) is 30.3 Å². The molecular formula is C15H17N5O. The summed E-state index contributed by atoms with van der Waals surface area (Å²) in [6.45, 7) is 3.40. The van der Waals surface area contributed by atoms with Crippen molar-refractivity contribution in [3.63, 3.8) is 0 Å². The van der Waals surface area contributed by atoms with Crippen LogP contribution < -0.4 is 5.69 Å². The average Bonchev–Trinajstić information content (AvgIpc) is 3.12. The maximum absolute atomic E-state index is 11.9. The molecule has 1 N–H and O–H groups in total. The lowest BCUT2D eigenvalue weighted by Crippen LogP contribution is -2.18. The third kappa shape index (κ3) is 2.79. The zero-order chi connectivity index (χ0) is 14.7. The Morgan fingerprint density at radius 1 is 1.24 bits per heavy atom. The van der Waals surface area contributed by atoms with E-state index in [4.69, 9.17) is 0 Å². The number of benzene rings is 1. The molecule has 0 spiro atoms. The van der Waals surface area contributed by atoms with Crippen LogP contribution in [0.3, 0.4) is 0 Å². The second-order valence-corrected chi connectivity index (χ2v) is 4.82. The molecule has 1 aromatic carbocycles. The summed E-state index contributed by atoms with van der Waals surface area (Å²) in [6, 6.07) is 10.1. The van der Waals surface area contributed by atoms with Gasteiger partial charge in [0.25, 0.3) is 0 Å². The lowest BCUT2D eigenvalue weighted by atomic mass is 10.1. The largest absolute Gasteiger partial charge is 0.343 e. The number of rotatable bonds is 5. The summed E-state index contributed by atoms with van der Waals surface area (Å²) in [5.41, 5.74) is 1.86. The van der Waals surface area contributed by atoms with Crippen molar-refractivity contribution in [2.24, 2.45) is 0 Å². The van der Waals surface area contributed by atoms with Crippen LogP contribution in [0.25, 0.3) is 11.4 Å². The molecule has 3 aromatic rings. The van der Waals surface area contributed by atoms with Crippen LogP contribution >= 0.6 is 0 Å². The summed E-state index contributed by atoms with van der Waals surface area (Å²) in [5, 5.41) is 10.9. The summed E-state index contributed by atoms with van der Waals surface area (Å²) in [5.74, 6) is 0.635. The second kappa shape index (κ2) is 5.78. The fraction of sp³-hybridized carbons (Fsp3) is 0.267. The van der Waals surface area contributed by atoms with Crippen LogP contribution in [0.4, 0.5) is 0 Å². The highest BCUT2D eigenvalue weighted by Crippen LogP contribution is 2.14. The van der Waals surface area contributed by atoms with E-state index in [0.29, 0.717) is 12.4 Å². The third-order valence-corrected chi connectivity index (χ3v) is 3.44. The normalized spacial score (nSPS) is 10.9. The Labute approximate surface area is 122 Å². The van der Waals surface area contributed by atoms with Crippen LogP contribution in [0.1, 0.15) is 12.5 Å². The monoisotopic (exact) mass is 283 g/mol. The SMILES string of the molecule is CCn1cc(-c2n[nH]c(=O)n2CCc2ccccc2)cn1. The number of nitrogens with one attached hydrogen (secondary N) is 1. The van der Waals surface area contributed by atoms with Crippen molar-refractivity contribution in [3.05, 3.63) is 58.8 Å². The molecule has 0 unspecified atom stereocenters. The Balaban J connectivity index is 1.85. The zero-order valence-electron chi connectivity index (χ0n) is 11.9. The van der Waals surface area contributed by atoms with Crippen molar-refractivity contribution >= 4 is 0 Å². The molecule has 0 saturated heterocycles. The Morgan fingerprint density at radius 2 is 2.05 bits per heavy atom. The highest BCUT2D eigenvalue weighted by atomic mass is 16.1. The van der Waals surface area contributed by atoms with E-state index in [1.54, 1.807) is 10.8 Å². The van der Waals surface area contributed by atoms with Crippen molar-refractivity contribution in [2.45, 2.75) is 26.4 Å². The van der Waals surface area contributed by atoms with Gasteiger partial charge in [-0.3, -0.25) is 9.25 Å². The minimum Gasteiger partial charge on any atom is -0.275 e. The average molecular weight is 283 g/mol. The maximum Gasteiger partial charge on any atom is 0.343 e. The molecule has 0 amide bonds. The third-order valence-electron chi connectivity index (χ3n) is 3.44. The van der Waals surface area contributed by atoms with E-state index in [9.17, 15) is 4.79 Å². The molecule has 3 rings (SSSR count). The number of hydrogen-bond donors (Lipinski definition) is 1. The van der Waals surface area contributed by atoms with Crippen LogP contribution in [0.2, 0.25) is 0 Å². The topological polar surface area (TPSA) is 68.5 Å². The van der Waals surface area contributed by atoms with Gasteiger partial charge in [0.15, 0.2) is 5.82 Å². The van der Waals surface area contributed by atoms with E-state index in [2.05, 4.69) is 27.4 Å². The zero-order valence-corrected chi connectivity index (χ0v) is 11.9. The van der Waals surface area contributed by atoms with Gasteiger partial charge in [0.05, 0.1) is 11.8 Å². The number of aromatic nitrogens is 5. The molecule has 0 atom stereocenters. The molecule has 0 radical (unpaired) electrons. The number of nitrogens with zero attached hydrogens (tertiary/aromatic N) is 4. The number of hydrogen-bond acceptors (Lipinski definition) is 3. The molecule has 6 nitrogen and oxygen atoms in total. The molecule has 2 heterocycles. The Hall–Kier alpha value is -2.63. The highest BCUT2D eigenvalue weighted by Gasteiger charge is 2.12. The lowest BCUT2D eigenvalue weighted by Gasteiger charge is -2.04. The molecule has 21 heavy (non-hydrogen) atoms. The van der Waals surface area contributed by atoms with Crippen LogP contribution in [0.5, 0.6) is 0 Å². The van der Waals surface area contributed by atoms with Crippen LogP contribution in [-0.4, -0.2) is 24.5 Å². The highest BCUT2D eigenvalue weighted by molar-refractivity contribution is 5.52. The van der Waals surface area contributed by atoms with E-state index in [1.165, 1.54) is 5.56 Å². The fourth-order valence-corrected chi connectivity index (χ4v) is 2.28. The van der Waals surface area contributed by atoms with E-state index >= 15 is 0 Å². The summed E-state index contributed by atoms with van der Waals surface area (Å²) >= 11 is 0. The molecule has 0 aliphatic carbocycles. The van der Waals surface area contributed by atoms with Crippen molar-refractivity contribution in [3.8, 4) is 11.4 Å². The summed E-state index contributed by atoms with van der Waals surface area (Å²) in [4.78, 5) is 11.9. The molecule has 0 fully saturated rings.